The first-order valence-corrected chi connectivity index (χ1v) is 16.2. The van der Waals surface area contributed by atoms with Crippen LogP contribution in [0.2, 0.25) is 10.0 Å². The number of methoxy groups -OCH3 is 2. The van der Waals surface area contributed by atoms with Crippen LogP contribution < -0.4 is 19.5 Å². The zero-order valence-electron chi connectivity index (χ0n) is 26.9. The van der Waals surface area contributed by atoms with Crippen LogP contribution in [-0.4, -0.2) is 56.4 Å². The van der Waals surface area contributed by atoms with Gasteiger partial charge in [-0.05, 0) is 71.6 Å². The van der Waals surface area contributed by atoms with Crippen LogP contribution in [0.25, 0.3) is 10.4 Å². The van der Waals surface area contributed by atoms with Gasteiger partial charge in [0.05, 0.1) is 20.8 Å². The summed E-state index contributed by atoms with van der Waals surface area (Å²) in [5, 5.41) is 16.8. The zero-order chi connectivity index (χ0) is 34.8. The molecule has 0 bridgehead atoms. The second kappa shape index (κ2) is 16.5. The van der Waals surface area contributed by atoms with Crippen molar-refractivity contribution in [2.45, 2.75) is 30.9 Å². The first kappa shape index (κ1) is 35.4. The maximum absolute atomic E-state index is 14.6. The highest BCUT2D eigenvalue weighted by atomic mass is 35.5. The van der Waals surface area contributed by atoms with Crippen molar-refractivity contribution >= 4 is 40.7 Å². The maximum atomic E-state index is 14.6. The van der Waals surface area contributed by atoms with Gasteiger partial charge in [-0.25, -0.2) is 4.99 Å². The number of aliphatic hydroxyl groups excluding tert-OH is 1. The molecule has 0 saturated heterocycles. The molecule has 0 spiro atoms. The molecule has 1 aliphatic heterocycles. The molecule has 0 radical (unpaired) electrons. The van der Waals surface area contributed by atoms with E-state index in [0.717, 1.165) is 5.56 Å². The SMILES string of the molecule is COc1ccc(CCNC(=O)[C@]2(Cc3ccccc3N=[N+]=[N-])N=C(c3ccc(OCCCO)cc3)O[C@@H]2c2ccc(Cl)cc2Cl)cc1OC. The largest absolute Gasteiger partial charge is 0.494 e. The molecule has 2 N–H and O–H groups in total. The third-order valence-electron chi connectivity index (χ3n) is 8.03. The summed E-state index contributed by atoms with van der Waals surface area (Å²) in [6.45, 7) is 0.653. The van der Waals surface area contributed by atoms with E-state index in [9.17, 15) is 10.3 Å². The van der Waals surface area contributed by atoms with E-state index in [1.165, 1.54) is 0 Å². The van der Waals surface area contributed by atoms with Crippen molar-refractivity contribution < 1.29 is 28.8 Å². The van der Waals surface area contributed by atoms with E-state index >= 15 is 0 Å². The van der Waals surface area contributed by atoms with E-state index in [4.69, 9.17) is 52.2 Å². The van der Waals surface area contributed by atoms with Gasteiger partial charge in [0, 0.05) is 57.8 Å². The number of benzene rings is 4. The van der Waals surface area contributed by atoms with Crippen LogP contribution in [0.15, 0.2) is 95.0 Å². The Hall–Kier alpha value is -4.93. The molecule has 2 atom stereocenters. The molecule has 1 amide bonds. The van der Waals surface area contributed by atoms with E-state index in [1.807, 2.05) is 18.2 Å². The molecule has 1 aliphatic rings. The lowest BCUT2D eigenvalue weighted by atomic mass is 9.81. The summed E-state index contributed by atoms with van der Waals surface area (Å²) in [7, 11) is 3.14. The summed E-state index contributed by atoms with van der Waals surface area (Å²) in [4.78, 5) is 22.7. The zero-order valence-corrected chi connectivity index (χ0v) is 28.4. The number of carbonyl (C=O) groups excluding carboxylic acids is 1. The molecule has 0 aliphatic carbocycles. The number of aliphatic hydroxyl groups is 1. The van der Waals surface area contributed by atoms with Crippen LogP contribution in [-0.2, 0) is 22.4 Å². The topological polar surface area (TPSA) is 147 Å². The van der Waals surface area contributed by atoms with Crippen LogP contribution >= 0.6 is 23.2 Å². The second-order valence-corrected chi connectivity index (χ2v) is 12.0. The fourth-order valence-corrected chi connectivity index (χ4v) is 6.09. The number of hydrogen-bond donors (Lipinski definition) is 2. The summed E-state index contributed by atoms with van der Waals surface area (Å²) < 4.78 is 23.1. The highest BCUT2D eigenvalue weighted by Gasteiger charge is 2.54. The van der Waals surface area contributed by atoms with Gasteiger partial charge < -0.3 is 29.4 Å². The maximum Gasteiger partial charge on any atom is 0.252 e. The average molecular weight is 705 g/mol. The van der Waals surface area contributed by atoms with Gasteiger partial charge in [0.2, 0.25) is 5.90 Å². The van der Waals surface area contributed by atoms with Crippen molar-refractivity contribution in [1.29, 1.82) is 0 Å². The number of halogens is 2. The Morgan fingerprint density at radius 1 is 1.04 bits per heavy atom. The number of ether oxygens (including phenoxy) is 4. The van der Waals surface area contributed by atoms with Gasteiger partial charge in [-0.1, -0.05) is 64.7 Å². The summed E-state index contributed by atoms with van der Waals surface area (Å²) >= 11 is 13.0. The Bertz CT molecular complexity index is 1870. The molecule has 5 rings (SSSR count). The number of azide groups is 1. The van der Waals surface area contributed by atoms with Crippen LogP contribution in [0.5, 0.6) is 17.2 Å². The van der Waals surface area contributed by atoms with E-state index < -0.39 is 17.6 Å². The molecule has 49 heavy (non-hydrogen) atoms. The van der Waals surface area contributed by atoms with Crippen molar-refractivity contribution in [2.75, 3.05) is 34.0 Å². The normalized spacial score (nSPS) is 16.6. The molecular weight excluding hydrogens is 669 g/mol. The quantitative estimate of drug-likeness (QED) is 0.0565. The average Bonchev–Trinajstić information content (AvgIpc) is 3.49. The lowest BCUT2D eigenvalue weighted by molar-refractivity contribution is -0.128. The number of nitrogens with zero attached hydrogens (tertiary/aromatic N) is 4. The monoisotopic (exact) mass is 703 g/mol. The predicted octanol–water partition coefficient (Wildman–Crippen LogP) is 7.57. The van der Waals surface area contributed by atoms with Crippen molar-refractivity contribution in [2.24, 2.45) is 10.1 Å². The first-order valence-electron chi connectivity index (χ1n) is 15.5. The summed E-state index contributed by atoms with van der Waals surface area (Å²) in [5.74, 6) is 1.59. The molecule has 0 unspecified atom stereocenters. The summed E-state index contributed by atoms with van der Waals surface area (Å²) in [6, 6.07) is 24.7. The molecule has 13 heteroatoms. The van der Waals surface area contributed by atoms with Crippen LogP contribution in [0.3, 0.4) is 0 Å². The Kier molecular flexibility index (Phi) is 11.9. The van der Waals surface area contributed by atoms with Gasteiger partial charge >= 0.3 is 0 Å². The van der Waals surface area contributed by atoms with Crippen molar-refractivity contribution in [3.8, 4) is 17.2 Å². The van der Waals surface area contributed by atoms with Crippen LogP contribution in [0.4, 0.5) is 5.69 Å². The minimum absolute atomic E-state index is 0.0138. The Morgan fingerprint density at radius 3 is 2.53 bits per heavy atom. The lowest BCUT2D eigenvalue weighted by Gasteiger charge is -2.31. The van der Waals surface area contributed by atoms with Gasteiger partial charge in [-0.15, -0.1) is 0 Å². The molecule has 0 fully saturated rings. The molecule has 0 aromatic heterocycles. The van der Waals surface area contributed by atoms with E-state index in [0.29, 0.717) is 69.1 Å². The first-order chi connectivity index (χ1) is 23.8. The lowest BCUT2D eigenvalue weighted by Crippen LogP contribution is -2.50. The van der Waals surface area contributed by atoms with Gasteiger partial charge in [-0.3, -0.25) is 4.79 Å². The minimum Gasteiger partial charge on any atom is -0.494 e. The van der Waals surface area contributed by atoms with Crippen molar-refractivity contribution in [3.63, 3.8) is 0 Å². The number of hydrogen-bond acceptors (Lipinski definition) is 8. The minimum atomic E-state index is -1.60. The number of nitrogens with one attached hydrogen (secondary N) is 1. The Labute approximate surface area is 294 Å². The van der Waals surface area contributed by atoms with Gasteiger partial charge in [0.15, 0.2) is 23.1 Å². The number of carbonyl (C=O) groups is 1. The van der Waals surface area contributed by atoms with Crippen LogP contribution in [0.1, 0.15) is 34.8 Å². The Balaban J connectivity index is 1.56. The van der Waals surface area contributed by atoms with Gasteiger partial charge in [0.1, 0.15) is 5.75 Å². The fraction of sp³-hybridized carbons (Fsp3) is 0.278. The molecule has 0 saturated carbocycles. The van der Waals surface area contributed by atoms with Gasteiger partial charge in [-0.2, -0.15) is 0 Å². The number of amides is 1. The van der Waals surface area contributed by atoms with E-state index in [-0.39, 0.29) is 25.5 Å². The van der Waals surface area contributed by atoms with Crippen LogP contribution in [0, 0.1) is 0 Å². The molecule has 4 aromatic carbocycles. The Morgan fingerprint density at radius 2 is 1.82 bits per heavy atom. The smallest absolute Gasteiger partial charge is 0.252 e. The molecule has 1 heterocycles. The summed E-state index contributed by atoms with van der Waals surface area (Å²) in [6.07, 6.45) is 0.00831. The van der Waals surface area contributed by atoms with Crippen molar-refractivity contribution in [1.82, 2.24) is 5.32 Å². The highest BCUT2D eigenvalue weighted by molar-refractivity contribution is 6.35. The van der Waals surface area contributed by atoms with Crippen molar-refractivity contribution in [3.05, 3.63) is 128 Å². The summed E-state index contributed by atoms with van der Waals surface area (Å²) in [5.41, 5.74) is 10.7. The predicted molar refractivity (Wildman–Crippen MR) is 188 cm³/mol. The second-order valence-electron chi connectivity index (χ2n) is 11.1. The van der Waals surface area contributed by atoms with E-state index in [2.05, 4.69) is 15.3 Å². The fourth-order valence-electron chi connectivity index (χ4n) is 5.58. The van der Waals surface area contributed by atoms with Gasteiger partial charge in [0.25, 0.3) is 5.91 Å². The number of aliphatic imine (C=N–C) groups is 1. The highest BCUT2D eigenvalue weighted by Crippen LogP contribution is 2.46. The third kappa shape index (κ3) is 8.21. The molecule has 4 aromatic rings. The molecular formula is C36H35Cl2N5O6. The number of rotatable bonds is 15. The standard InChI is InChI=1S/C36H35Cl2N5O6/c1-46-31-15-8-23(20-32(31)47-2)16-17-40-35(45)36(22-25-6-3-4-7-30(25)42-43-39)33(28-14-11-26(37)21-29(28)38)49-34(41-36)24-9-12-27(13-10-24)48-19-5-18-44/h3-4,6-15,20-21,33,44H,5,16-19,22H2,1-2H3,(H,40,45)/t33-,36-/m1/s1. The molecule has 11 nitrogen and oxygen atoms in total. The molecule has 254 valence electrons. The van der Waals surface area contributed by atoms with E-state index in [1.54, 1.807) is 80.9 Å². The third-order valence-corrected chi connectivity index (χ3v) is 8.59.